The molecular weight excluding hydrogens is 443 g/mol. The highest BCUT2D eigenvalue weighted by atomic mass is 19.1. The smallest absolute Gasteiger partial charge is 0.236 e. The van der Waals surface area contributed by atoms with Gasteiger partial charge in [0, 0.05) is 56.1 Å². The van der Waals surface area contributed by atoms with E-state index in [0.29, 0.717) is 24.2 Å². The molecule has 0 saturated carbocycles. The zero-order valence-electron chi connectivity index (χ0n) is 19.9. The summed E-state index contributed by atoms with van der Waals surface area (Å²) in [6.45, 7) is 0.766. The zero-order chi connectivity index (χ0) is 24.9. The van der Waals surface area contributed by atoms with Crippen molar-refractivity contribution in [1.82, 2.24) is 9.80 Å². The number of hydrogen-bond acceptors (Lipinski definition) is 4. The molecule has 0 radical (unpaired) electrons. The van der Waals surface area contributed by atoms with E-state index in [-0.39, 0.29) is 29.8 Å². The van der Waals surface area contributed by atoms with Gasteiger partial charge in [-0.25, -0.2) is 4.39 Å². The Hall–Kier alpha value is -3.64. The number of carbonyl (C=O) groups is 3. The predicted octanol–water partition coefficient (Wildman–Crippen LogP) is 4.31. The van der Waals surface area contributed by atoms with Crippen LogP contribution in [0.2, 0.25) is 0 Å². The molecule has 0 spiro atoms. The quantitative estimate of drug-likeness (QED) is 0.481. The average Bonchev–Trinajstić information content (AvgIpc) is 2.89. The molecule has 1 heterocycles. The zero-order valence-corrected chi connectivity index (χ0v) is 19.9. The van der Waals surface area contributed by atoms with Crippen LogP contribution in [0, 0.1) is 17.7 Å². The summed E-state index contributed by atoms with van der Waals surface area (Å²) in [5.74, 6) is -2.27. The summed E-state index contributed by atoms with van der Waals surface area (Å²) in [7, 11) is 3.37. The molecule has 4 rings (SSSR count). The van der Waals surface area contributed by atoms with Crippen LogP contribution >= 0.6 is 0 Å². The second kappa shape index (κ2) is 10.7. The summed E-state index contributed by atoms with van der Waals surface area (Å²) < 4.78 is 13.8. The number of Topliss-reactive ketones (excluding diaryl/α,β-unsaturated/α-hetero) is 2. The van der Waals surface area contributed by atoms with E-state index in [1.807, 2.05) is 41.3 Å². The van der Waals surface area contributed by atoms with Crippen molar-refractivity contribution in [3.05, 3.63) is 107 Å². The van der Waals surface area contributed by atoms with Crippen molar-refractivity contribution in [3.63, 3.8) is 0 Å². The standard InChI is InChI=1S/C29H29FN2O3/c1-31(2)26(33)19-32-17-24(28(34)21-9-5-3-6-10-21)27(20-13-15-23(30)16-14-20)25(18-32)29(35)22-11-7-4-8-12-22/h3-16,24-25,27H,17-19H2,1-2H3/t24-,25-/m0/s1. The number of hydrogen-bond donors (Lipinski definition) is 0. The molecule has 0 unspecified atom stereocenters. The summed E-state index contributed by atoms with van der Waals surface area (Å²) in [5, 5.41) is 0. The van der Waals surface area contributed by atoms with E-state index in [0.717, 1.165) is 5.56 Å². The van der Waals surface area contributed by atoms with Crippen LogP contribution in [0.4, 0.5) is 4.39 Å². The highest BCUT2D eigenvalue weighted by molar-refractivity contribution is 6.02. The van der Waals surface area contributed by atoms with Crippen molar-refractivity contribution in [2.45, 2.75) is 5.92 Å². The first-order valence-corrected chi connectivity index (χ1v) is 11.7. The van der Waals surface area contributed by atoms with Crippen molar-refractivity contribution < 1.29 is 18.8 Å². The van der Waals surface area contributed by atoms with Gasteiger partial charge in [0.25, 0.3) is 0 Å². The second-order valence-electron chi connectivity index (χ2n) is 9.23. The highest BCUT2D eigenvalue weighted by Gasteiger charge is 2.45. The van der Waals surface area contributed by atoms with E-state index in [2.05, 4.69) is 0 Å². The lowest BCUT2D eigenvalue weighted by Gasteiger charge is -2.43. The maximum atomic E-state index is 13.8. The Morgan fingerprint density at radius 1 is 0.771 bits per heavy atom. The Morgan fingerprint density at radius 2 is 1.23 bits per heavy atom. The van der Waals surface area contributed by atoms with E-state index < -0.39 is 17.8 Å². The maximum absolute atomic E-state index is 13.8. The molecule has 0 aliphatic carbocycles. The first-order valence-electron chi connectivity index (χ1n) is 11.7. The van der Waals surface area contributed by atoms with Gasteiger partial charge in [0.1, 0.15) is 5.82 Å². The lowest BCUT2D eigenvalue weighted by Crippen LogP contribution is -2.52. The van der Waals surface area contributed by atoms with Gasteiger partial charge in [-0.1, -0.05) is 72.8 Å². The van der Waals surface area contributed by atoms with Crippen LogP contribution in [0.3, 0.4) is 0 Å². The van der Waals surface area contributed by atoms with E-state index in [1.54, 1.807) is 50.5 Å². The molecule has 0 aromatic heterocycles. The van der Waals surface area contributed by atoms with Crippen LogP contribution in [0.25, 0.3) is 0 Å². The van der Waals surface area contributed by atoms with Gasteiger partial charge in [-0.05, 0) is 17.7 Å². The van der Waals surface area contributed by atoms with Crippen molar-refractivity contribution in [3.8, 4) is 0 Å². The minimum absolute atomic E-state index is 0.0900. The summed E-state index contributed by atoms with van der Waals surface area (Å²) in [5.41, 5.74) is 1.85. The van der Waals surface area contributed by atoms with Gasteiger partial charge in [0.15, 0.2) is 11.6 Å². The number of benzene rings is 3. The molecule has 180 valence electrons. The van der Waals surface area contributed by atoms with Crippen LogP contribution in [0.5, 0.6) is 0 Å². The van der Waals surface area contributed by atoms with Crippen LogP contribution in [0.1, 0.15) is 32.2 Å². The molecule has 1 amide bonds. The Morgan fingerprint density at radius 3 is 1.66 bits per heavy atom. The minimum atomic E-state index is -0.579. The summed E-state index contributed by atoms with van der Waals surface area (Å²) in [6.07, 6.45) is 0. The third-order valence-corrected chi connectivity index (χ3v) is 6.68. The number of ketones is 2. The number of likely N-dealkylation sites (tertiary alicyclic amines) is 1. The van der Waals surface area contributed by atoms with Gasteiger partial charge in [-0.3, -0.25) is 19.3 Å². The number of amides is 1. The van der Waals surface area contributed by atoms with Crippen LogP contribution < -0.4 is 0 Å². The molecule has 0 bridgehead atoms. The largest absolute Gasteiger partial charge is 0.348 e. The highest BCUT2D eigenvalue weighted by Crippen LogP contribution is 2.41. The first kappa shape index (κ1) is 24.5. The van der Waals surface area contributed by atoms with E-state index >= 15 is 0 Å². The van der Waals surface area contributed by atoms with E-state index in [4.69, 9.17) is 0 Å². The fraction of sp³-hybridized carbons (Fsp3) is 0.276. The number of likely N-dealkylation sites (N-methyl/N-ethyl adjacent to an activating group) is 1. The summed E-state index contributed by atoms with van der Waals surface area (Å²) >= 11 is 0. The van der Waals surface area contributed by atoms with Gasteiger partial charge in [0.2, 0.25) is 5.91 Å². The molecule has 1 fully saturated rings. The molecule has 35 heavy (non-hydrogen) atoms. The lowest BCUT2D eigenvalue weighted by molar-refractivity contribution is -0.130. The maximum Gasteiger partial charge on any atom is 0.236 e. The normalized spacial score (nSPS) is 18.7. The lowest BCUT2D eigenvalue weighted by atomic mass is 9.68. The average molecular weight is 473 g/mol. The summed E-state index contributed by atoms with van der Waals surface area (Å²) in [6, 6.07) is 24.1. The van der Waals surface area contributed by atoms with E-state index in [1.165, 1.54) is 17.0 Å². The second-order valence-corrected chi connectivity index (χ2v) is 9.23. The molecule has 1 saturated heterocycles. The topological polar surface area (TPSA) is 57.7 Å². The fourth-order valence-corrected chi connectivity index (χ4v) is 4.87. The number of nitrogens with zero attached hydrogens (tertiary/aromatic N) is 2. The van der Waals surface area contributed by atoms with Crippen LogP contribution in [-0.2, 0) is 4.79 Å². The van der Waals surface area contributed by atoms with Crippen molar-refractivity contribution in [2.24, 2.45) is 11.8 Å². The van der Waals surface area contributed by atoms with Gasteiger partial charge in [-0.15, -0.1) is 0 Å². The molecule has 6 heteroatoms. The Balaban J connectivity index is 1.80. The van der Waals surface area contributed by atoms with Crippen molar-refractivity contribution >= 4 is 17.5 Å². The van der Waals surface area contributed by atoms with Gasteiger partial charge in [-0.2, -0.15) is 0 Å². The predicted molar refractivity (Wildman–Crippen MR) is 133 cm³/mol. The number of rotatable bonds is 7. The Labute approximate surface area is 205 Å². The first-order chi connectivity index (χ1) is 16.8. The molecular formula is C29H29FN2O3. The molecule has 5 nitrogen and oxygen atoms in total. The Kier molecular flexibility index (Phi) is 7.51. The van der Waals surface area contributed by atoms with E-state index in [9.17, 15) is 18.8 Å². The third kappa shape index (κ3) is 5.54. The molecule has 2 atom stereocenters. The molecule has 0 N–H and O–H groups in total. The number of carbonyl (C=O) groups excluding carboxylic acids is 3. The monoisotopic (exact) mass is 472 g/mol. The summed E-state index contributed by atoms with van der Waals surface area (Å²) in [4.78, 5) is 43.6. The Bertz CT molecular complexity index is 1120. The SMILES string of the molecule is CN(C)C(=O)CN1C[C@H](C(=O)c2ccccc2)C(c2ccc(F)cc2)[C@@H](C(=O)c2ccccc2)C1. The number of halogens is 1. The van der Waals surface area contributed by atoms with Gasteiger partial charge in [0.05, 0.1) is 6.54 Å². The van der Waals surface area contributed by atoms with Gasteiger partial charge >= 0.3 is 0 Å². The van der Waals surface area contributed by atoms with Crippen LogP contribution in [0.15, 0.2) is 84.9 Å². The van der Waals surface area contributed by atoms with Crippen molar-refractivity contribution in [2.75, 3.05) is 33.7 Å². The van der Waals surface area contributed by atoms with Crippen molar-refractivity contribution in [1.29, 1.82) is 0 Å². The minimum Gasteiger partial charge on any atom is -0.348 e. The van der Waals surface area contributed by atoms with Gasteiger partial charge < -0.3 is 4.90 Å². The molecule has 1 aliphatic rings. The molecule has 1 aliphatic heterocycles. The third-order valence-electron chi connectivity index (χ3n) is 6.68. The van der Waals surface area contributed by atoms with Crippen LogP contribution in [-0.4, -0.2) is 61.0 Å². The molecule has 3 aromatic carbocycles. The molecule has 3 aromatic rings. The number of piperidine rings is 1. The fourth-order valence-electron chi connectivity index (χ4n) is 4.87.